The summed E-state index contributed by atoms with van der Waals surface area (Å²) in [7, 11) is -4.22. The summed E-state index contributed by atoms with van der Waals surface area (Å²) in [4.78, 5) is 22.2. The number of benzene rings is 3. The minimum atomic E-state index is -4.22. The van der Waals surface area contributed by atoms with Crippen LogP contribution in [-0.4, -0.2) is 19.2 Å². The Bertz CT molecular complexity index is 1180. The lowest BCUT2D eigenvalue weighted by atomic mass is 10.2. The number of nitro benzene ring substituents is 1. The van der Waals surface area contributed by atoms with Crippen LogP contribution < -0.4 is 9.50 Å². The van der Waals surface area contributed by atoms with Gasteiger partial charge in [0.05, 0.1) is 21.6 Å². The van der Waals surface area contributed by atoms with Gasteiger partial charge in [-0.3, -0.25) is 14.9 Å². The predicted octanol–water partition coefficient (Wildman–Crippen LogP) is 4.27. The van der Waals surface area contributed by atoms with Crippen molar-refractivity contribution in [3.63, 3.8) is 0 Å². The molecule has 0 spiro atoms. The molecule has 0 radical (unpaired) electrons. The first-order valence-corrected chi connectivity index (χ1v) is 9.90. The number of rotatable bonds is 6. The second kappa shape index (κ2) is 8.29. The highest BCUT2D eigenvalue weighted by molar-refractivity contribution is 7.87. The van der Waals surface area contributed by atoms with E-state index in [1.165, 1.54) is 42.5 Å². The van der Waals surface area contributed by atoms with Crippen molar-refractivity contribution in [1.82, 2.24) is 0 Å². The van der Waals surface area contributed by atoms with E-state index in [2.05, 4.69) is 5.32 Å². The normalized spacial score (nSPS) is 10.9. The third-order valence-corrected chi connectivity index (χ3v) is 5.34. The number of carbonyl (C=O) groups is 1. The van der Waals surface area contributed by atoms with Crippen molar-refractivity contribution in [3.05, 3.63) is 93.5 Å². The van der Waals surface area contributed by atoms with Crippen LogP contribution in [0.5, 0.6) is 5.75 Å². The van der Waals surface area contributed by atoms with Crippen LogP contribution in [0.15, 0.2) is 77.7 Å². The number of halogens is 1. The van der Waals surface area contributed by atoms with E-state index in [1.807, 2.05) is 0 Å². The molecule has 0 aromatic heterocycles. The van der Waals surface area contributed by atoms with Gasteiger partial charge in [-0.2, -0.15) is 8.42 Å². The van der Waals surface area contributed by atoms with Gasteiger partial charge in [-0.15, -0.1) is 0 Å². The molecule has 148 valence electrons. The Hall–Kier alpha value is -3.43. The fraction of sp³-hybridized carbons (Fsp3) is 0. The highest BCUT2D eigenvalue weighted by Gasteiger charge is 2.18. The van der Waals surface area contributed by atoms with Crippen LogP contribution in [0.4, 0.5) is 11.4 Å². The molecule has 29 heavy (non-hydrogen) atoms. The highest BCUT2D eigenvalue weighted by atomic mass is 35.5. The number of hydrogen-bond donors (Lipinski definition) is 1. The lowest BCUT2D eigenvalue weighted by Crippen LogP contribution is -2.13. The van der Waals surface area contributed by atoms with Gasteiger partial charge < -0.3 is 9.50 Å². The van der Waals surface area contributed by atoms with Gasteiger partial charge in [0, 0.05) is 11.8 Å². The lowest BCUT2D eigenvalue weighted by molar-refractivity contribution is -0.384. The molecule has 3 rings (SSSR count). The Balaban J connectivity index is 1.75. The largest absolute Gasteiger partial charge is 0.379 e. The van der Waals surface area contributed by atoms with Crippen LogP contribution in [0.25, 0.3) is 0 Å². The number of nitrogens with one attached hydrogen (secondary N) is 1. The number of hydrogen-bond acceptors (Lipinski definition) is 6. The molecule has 0 atom stereocenters. The van der Waals surface area contributed by atoms with E-state index in [0.29, 0.717) is 5.69 Å². The molecule has 0 aliphatic carbocycles. The van der Waals surface area contributed by atoms with E-state index in [0.717, 1.165) is 6.07 Å². The van der Waals surface area contributed by atoms with Gasteiger partial charge in [-0.1, -0.05) is 29.8 Å². The second-order valence-corrected chi connectivity index (χ2v) is 7.70. The lowest BCUT2D eigenvalue weighted by Gasteiger charge is -2.09. The van der Waals surface area contributed by atoms with Crippen LogP contribution in [0, 0.1) is 10.1 Å². The van der Waals surface area contributed by atoms with Gasteiger partial charge in [0.25, 0.3) is 11.6 Å². The van der Waals surface area contributed by atoms with Gasteiger partial charge in [-0.05, 0) is 42.5 Å². The first-order chi connectivity index (χ1) is 13.8. The van der Waals surface area contributed by atoms with Crippen LogP contribution in [0.1, 0.15) is 10.4 Å². The monoisotopic (exact) mass is 432 g/mol. The van der Waals surface area contributed by atoms with Crippen molar-refractivity contribution in [3.8, 4) is 5.75 Å². The Kier molecular flexibility index (Phi) is 5.81. The second-order valence-electron chi connectivity index (χ2n) is 5.75. The SMILES string of the molecule is O=C(Nc1ccc(S(=O)(=O)Oc2cccc([N+](=O)[O-])c2)cc1)c1ccccc1Cl. The van der Waals surface area contributed by atoms with E-state index in [4.69, 9.17) is 15.8 Å². The minimum Gasteiger partial charge on any atom is -0.379 e. The average molecular weight is 433 g/mol. The molecule has 3 aromatic carbocycles. The standard InChI is InChI=1S/C19H13ClN2O6S/c20-18-7-2-1-6-17(18)19(23)21-13-8-10-16(11-9-13)29(26,27)28-15-5-3-4-14(12-15)22(24)25/h1-12H,(H,21,23). The summed E-state index contributed by atoms with van der Waals surface area (Å²) >= 11 is 5.98. The molecular formula is C19H13ClN2O6S. The maximum Gasteiger partial charge on any atom is 0.339 e. The summed E-state index contributed by atoms with van der Waals surface area (Å²) in [5.41, 5.74) is 0.333. The molecule has 0 unspecified atom stereocenters. The molecule has 0 saturated carbocycles. The Morgan fingerprint density at radius 2 is 1.69 bits per heavy atom. The summed E-state index contributed by atoms with van der Waals surface area (Å²) in [6.45, 7) is 0. The third-order valence-electron chi connectivity index (χ3n) is 3.75. The summed E-state index contributed by atoms with van der Waals surface area (Å²) in [6, 6.07) is 16.6. The molecule has 1 amide bonds. The predicted molar refractivity (Wildman–Crippen MR) is 107 cm³/mol. The summed E-state index contributed by atoms with van der Waals surface area (Å²) in [6.07, 6.45) is 0. The van der Waals surface area contributed by atoms with E-state index in [9.17, 15) is 23.3 Å². The molecule has 0 saturated heterocycles. The molecule has 0 bridgehead atoms. The van der Waals surface area contributed by atoms with Crippen molar-refractivity contribution >= 4 is 39.0 Å². The maximum absolute atomic E-state index is 12.4. The average Bonchev–Trinajstić information content (AvgIpc) is 2.68. The van der Waals surface area contributed by atoms with Gasteiger partial charge in [-0.25, -0.2) is 0 Å². The first-order valence-electron chi connectivity index (χ1n) is 8.11. The zero-order chi connectivity index (χ0) is 21.0. The molecule has 0 fully saturated rings. The Morgan fingerprint density at radius 3 is 2.34 bits per heavy atom. The Morgan fingerprint density at radius 1 is 1.00 bits per heavy atom. The number of non-ortho nitro benzene ring substituents is 1. The van der Waals surface area contributed by atoms with Crippen molar-refractivity contribution in [2.45, 2.75) is 4.90 Å². The van der Waals surface area contributed by atoms with Gasteiger partial charge in [0.15, 0.2) is 0 Å². The van der Waals surface area contributed by atoms with E-state index in [1.54, 1.807) is 24.3 Å². The minimum absolute atomic E-state index is 0.181. The Labute approximate surface area is 171 Å². The van der Waals surface area contributed by atoms with E-state index < -0.39 is 20.9 Å². The molecule has 0 heterocycles. The van der Waals surface area contributed by atoms with Crippen LogP contribution >= 0.6 is 11.6 Å². The summed E-state index contributed by atoms with van der Waals surface area (Å²) in [5.74, 6) is -0.630. The molecular weight excluding hydrogens is 420 g/mol. The molecule has 10 heteroatoms. The van der Waals surface area contributed by atoms with Crippen molar-refractivity contribution < 1.29 is 22.3 Å². The van der Waals surface area contributed by atoms with Gasteiger partial charge in [0.2, 0.25) is 0 Å². The molecule has 0 aliphatic rings. The zero-order valence-electron chi connectivity index (χ0n) is 14.6. The number of amides is 1. The summed E-state index contributed by atoms with van der Waals surface area (Å²) in [5, 5.41) is 13.7. The first kappa shape index (κ1) is 20.3. The fourth-order valence-electron chi connectivity index (χ4n) is 2.37. The van der Waals surface area contributed by atoms with Crippen LogP contribution in [0.3, 0.4) is 0 Å². The number of carbonyl (C=O) groups excluding carboxylic acids is 1. The van der Waals surface area contributed by atoms with Gasteiger partial charge >= 0.3 is 10.1 Å². The third kappa shape index (κ3) is 4.89. The topological polar surface area (TPSA) is 116 Å². The molecule has 8 nitrogen and oxygen atoms in total. The molecule has 3 aromatic rings. The van der Waals surface area contributed by atoms with Crippen molar-refractivity contribution in [2.75, 3.05) is 5.32 Å². The van der Waals surface area contributed by atoms with Crippen LogP contribution in [0.2, 0.25) is 5.02 Å². The van der Waals surface area contributed by atoms with E-state index >= 15 is 0 Å². The quantitative estimate of drug-likeness (QED) is 0.353. The van der Waals surface area contributed by atoms with Crippen LogP contribution in [-0.2, 0) is 10.1 Å². The van der Waals surface area contributed by atoms with Gasteiger partial charge in [0.1, 0.15) is 10.6 Å². The maximum atomic E-state index is 12.4. The fourth-order valence-corrected chi connectivity index (χ4v) is 3.52. The van der Waals surface area contributed by atoms with Crippen molar-refractivity contribution in [1.29, 1.82) is 0 Å². The van der Waals surface area contributed by atoms with Crippen molar-refractivity contribution in [2.24, 2.45) is 0 Å². The number of nitro groups is 1. The molecule has 1 N–H and O–H groups in total. The number of nitrogens with zero attached hydrogens (tertiary/aromatic N) is 1. The highest BCUT2D eigenvalue weighted by Crippen LogP contribution is 2.24. The summed E-state index contributed by atoms with van der Waals surface area (Å²) < 4.78 is 29.7. The smallest absolute Gasteiger partial charge is 0.339 e. The van der Waals surface area contributed by atoms with E-state index in [-0.39, 0.29) is 26.9 Å². The zero-order valence-corrected chi connectivity index (χ0v) is 16.2. The molecule has 0 aliphatic heterocycles. The number of anilines is 1.